The molecule has 22 heavy (non-hydrogen) atoms. The second kappa shape index (κ2) is 10.1. The van der Waals surface area contributed by atoms with Gasteiger partial charge in [0.1, 0.15) is 0 Å². The zero-order valence-electron chi connectivity index (χ0n) is 13.4. The van der Waals surface area contributed by atoms with Gasteiger partial charge in [-0.1, -0.05) is 11.6 Å². The third kappa shape index (κ3) is 7.88. The molecule has 0 aliphatic carbocycles. The van der Waals surface area contributed by atoms with Crippen LogP contribution in [0.4, 0.5) is 5.69 Å². The van der Waals surface area contributed by atoms with Gasteiger partial charge in [0, 0.05) is 36.3 Å². The normalized spacial score (nSPS) is 11.4. The first-order chi connectivity index (χ1) is 10.5. The maximum Gasteiger partial charge on any atom is 0.224 e. The third-order valence-electron chi connectivity index (χ3n) is 2.73. The number of carbonyl (C=O) groups excluding carboxylic acids is 1. The lowest BCUT2D eigenvalue weighted by Gasteiger charge is -2.13. The molecule has 1 rings (SSSR count). The zero-order chi connectivity index (χ0) is 16.4. The van der Waals surface area contributed by atoms with Crippen LogP contribution in [0.3, 0.4) is 0 Å². The molecule has 6 heteroatoms. The number of nitrogens with one attached hydrogen (secondary N) is 3. The fraction of sp³-hybridized carbons (Fsp3) is 0.500. The van der Waals surface area contributed by atoms with E-state index >= 15 is 0 Å². The Labute approximate surface area is 137 Å². The fourth-order valence-corrected chi connectivity index (χ4v) is 1.91. The Bertz CT molecular complexity index is 485. The van der Waals surface area contributed by atoms with Gasteiger partial charge in [0.2, 0.25) is 5.91 Å². The number of hydrogen-bond acceptors (Lipinski definition) is 2. The Morgan fingerprint density at radius 2 is 1.95 bits per heavy atom. The molecule has 0 bridgehead atoms. The molecule has 0 unspecified atom stereocenters. The number of amides is 1. The lowest BCUT2D eigenvalue weighted by Crippen LogP contribution is -2.41. The van der Waals surface area contributed by atoms with E-state index in [-0.39, 0.29) is 5.91 Å². The van der Waals surface area contributed by atoms with Gasteiger partial charge in [-0.15, -0.1) is 0 Å². The summed E-state index contributed by atoms with van der Waals surface area (Å²) < 4.78 is 0. The predicted molar refractivity (Wildman–Crippen MR) is 93.6 cm³/mol. The van der Waals surface area contributed by atoms with Crippen LogP contribution in [-0.4, -0.2) is 31.0 Å². The van der Waals surface area contributed by atoms with Crippen molar-refractivity contribution in [1.29, 1.82) is 0 Å². The van der Waals surface area contributed by atoms with E-state index in [0.29, 0.717) is 30.5 Å². The zero-order valence-corrected chi connectivity index (χ0v) is 14.2. The summed E-state index contributed by atoms with van der Waals surface area (Å²) in [7, 11) is 0. The number of aliphatic imine (C=N–C) groups is 1. The van der Waals surface area contributed by atoms with E-state index in [1.165, 1.54) is 0 Å². The van der Waals surface area contributed by atoms with Gasteiger partial charge in [-0.05, 0) is 51.5 Å². The van der Waals surface area contributed by atoms with Crippen LogP contribution in [0.1, 0.15) is 33.6 Å². The second-order valence-corrected chi connectivity index (χ2v) is 5.65. The number of rotatable bonds is 7. The molecule has 0 radical (unpaired) electrons. The van der Waals surface area contributed by atoms with Gasteiger partial charge >= 0.3 is 0 Å². The lowest BCUT2D eigenvalue weighted by molar-refractivity contribution is -0.116. The highest BCUT2D eigenvalue weighted by Gasteiger charge is 2.03. The Morgan fingerprint density at radius 1 is 1.27 bits per heavy atom. The maximum atomic E-state index is 11.8. The third-order valence-corrected chi connectivity index (χ3v) is 2.98. The highest BCUT2D eigenvalue weighted by Crippen LogP contribution is 2.13. The topological polar surface area (TPSA) is 65.5 Å². The summed E-state index contributed by atoms with van der Waals surface area (Å²) in [6.45, 7) is 7.57. The van der Waals surface area contributed by atoms with E-state index < -0.39 is 0 Å². The summed E-state index contributed by atoms with van der Waals surface area (Å²) in [6.07, 6.45) is 1.14. The standard InChI is InChI=1S/C16H25ClN4O/c1-4-18-16(20-12(2)3)19-11-5-6-15(22)21-14-9-7-13(17)8-10-14/h7-10,12H,4-6,11H2,1-3H3,(H,21,22)(H2,18,19,20). The minimum absolute atomic E-state index is 0.0145. The molecule has 1 amide bonds. The van der Waals surface area contributed by atoms with Crippen molar-refractivity contribution in [3.8, 4) is 0 Å². The minimum Gasteiger partial charge on any atom is -0.357 e. The van der Waals surface area contributed by atoms with Gasteiger partial charge in [-0.25, -0.2) is 0 Å². The molecule has 1 aromatic rings. The van der Waals surface area contributed by atoms with Gasteiger partial charge in [0.15, 0.2) is 5.96 Å². The molecule has 0 aromatic heterocycles. The predicted octanol–water partition coefficient (Wildman–Crippen LogP) is 3.02. The number of nitrogens with zero attached hydrogens (tertiary/aromatic N) is 1. The summed E-state index contributed by atoms with van der Waals surface area (Å²) in [5.41, 5.74) is 0.757. The fourth-order valence-electron chi connectivity index (χ4n) is 1.78. The lowest BCUT2D eigenvalue weighted by atomic mass is 10.2. The number of anilines is 1. The van der Waals surface area contributed by atoms with Crippen LogP contribution < -0.4 is 16.0 Å². The molecule has 0 aliphatic rings. The number of carbonyl (C=O) groups is 1. The molecule has 122 valence electrons. The molecule has 0 fully saturated rings. The first-order valence-corrected chi connectivity index (χ1v) is 7.99. The number of halogens is 1. The van der Waals surface area contributed by atoms with E-state index in [0.717, 1.165) is 18.2 Å². The molecule has 0 saturated carbocycles. The van der Waals surface area contributed by atoms with Crippen molar-refractivity contribution in [2.75, 3.05) is 18.4 Å². The summed E-state index contributed by atoms with van der Waals surface area (Å²) in [4.78, 5) is 16.3. The molecule has 0 spiro atoms. The van der Waals surface area contributed by atoms with Crippen molar-refractivity contribution >= 4 is 29.2 Å². The minimum atomic E-state index is -0.0145. The van der Waals surface area contributed by atoms with E-state index in [9.17, 15) is 4.79 Å². The van der Waals surface area contributed by atoms with Gasteiger partial charge in [-0.3, -0.25) is 9.79 Å². The van der Waals surface area contributed by atoms with Gasteiger partial charge in [-0.2, -0.15) is 0 Å². The van der Waals surface area contributed by atoms with Crippen LogP contribution in [0.5, 0.6) is 0 Å². The monoisotopic (exact) mass is 324 g/mol. The van der Waals surface area contributed by atoms with Crippen LogP contribution in [-0.2, 0) is 4.79 Å². The second-order valence-electron chi connectivity index (χ2n) is 5.22. The molecule has 0 aliphatic heterocycles. The van der Waals surface area contributed by atoms with Crippen molar-refractivity contribution in [3.63, 3.8) is 0 Å². The van der Waals surface area contributed by atoms with E-state index in [4.69, 9.17) is 11.6 Å². The Morgan fingerprint density at radius 3 is 2.55 bits per heavy atom. The molecule has 0 atom stereocenters. The molecule has 5 nitrogen and oxygen atoms in total. The van der Waals surface area contributed by atoms with Crippen LogP contribution in [0.25, 0.3) is 0 Å². The van der Waals surface area contributed by atoms with Gasteiger partial charge < -0.3 is 16.0 Å². The highest BCUT2D eigenvalue weighted by atomic mass is 35.5. The molecule has 3 N–H and O–H groups in total. The number of benzene rings is 1. The largest absolute Gasteiger partial charge is 0.357 e. The van der Waals surface area contributed by atoms with Crippen LogP contribution >= 0.6 is 11.6 Å². The smallest absolute Gasteiger partial charge is 0.224 e. The summed E-state index contributed by atoms with van der Waals surface area (Å²) in [5.74, 6) is 0.773. The molecule has 0 saturated heterocycles. The van der Waals surface area contributed by atoms with Crippen LogP contribution in [0.15, 0.2) is 29.3 Å². The maximum absolute atomic E-state index is 11.8. The van der Waals surface area contributed by atoms with E-state index in [1.54, 1.807) is 24.3 Å². The molecular weight excluding hydrogens is 300 g/mol. The van der Waals surface area contributed by atoms with Crippen molar-refractivity contribution in [2.24, 2.45) is 4.99 Å². The highest BCUT2D eigenvalue weighted by molar-refractivity contribution is 6.30. The Kier molecular flexibility index (Phi) is 8.36. The average Bonchev–Trinajstić information content (AvgIpc) is 2.45. The van der Waals surface area contributed by atoms with Crippen molar-refractivity contribution in [1.82, 2.24) is 10.6 Å². The van der Waals surface area contributed by atoms with E-state index in [1.807, 2.05) is 6.92 Å². The van der Waals surface area contributed by atoms with Crippen LogP contribution in [0, 0.1) is 0 Å². The summed E-state index contributed by atoms with van der Waals surface area (Å²) in [5, 5.41) is 9.90. The summed E-state index contributed by atoms with van der Waals surface area (Å²) in [6, 6.07) is 7.40. The van der Waals surface area contributed by atoms with Gasteiger partial charge in [0.25, 0.3) is 0 Å². The first kappa shape index (κ1) is 18.3. The van der Waals surface area contributed by atoms with Crippen LogP contribution in [0.2, 0.25) is 5.02 Å². The first-order valence-electron chi connectivity index (χ1n) is 7.61. The van der Waals surface area contributed by atoms with Crippen molar-refractivity contribution < 1.29 is 4.79 Å². The van der Waals surface area contributed by atoms with Gasteiger partial charge in [0.05, 0.1) is 0 Å². The molecule has 0 heterocycles. The number of hydrogen-bond donors (Lipinski definition) is 3. The van der Waals surface area contributed by atoms with E-state index in [2.05, 4.69) is 34.8 Å². The quantitative estimate of drug-likeness (QED) is 0.410. The Balaban J connectivity index is 2.32. The van der Waals surface area contributed by atoms with Crippen molar-refractivity contribution in [3.05, 3.63) is 29.3 Å². The number of guanidine groups is 1. The Hall–Kier alpha value is -1.75. The average molecular weight is 325 g/mol. The molecular formula is C16H25ClN4O. The SMILES string of the molecule is CCNC(=NCCCC(=O)Nc1ccc(Cl)cc1)NC(C)C. The summed E-state index contributed by atoms with van der Waals surface area (Å²) >= 11 is 5.80. The van der Waals surface area contributed by atoms with Crippen molar-refractivity contribution in [2.45, 2.75) is 39.7 Å². The molecule has 1 aromatic carbocycles.